The maximum atomic E-state index is 6.08. The van der Waals surface area contributed by atoms with Gasteiger partial charge in [-0.1, -0.05) is 46.9 Å². The Bertz CT molecular complexity index is 529. The molecule has 0 aliphatic heterocycles. The molecule has 0 atom stereocenters. The van der Waals surface area contributed by atoms with E-state index in [1.54, 1.807) is 18.3 Å². The minimum atomic E-state index is 0.451. The molecule has 5 heteroatoms. The van der Waals surface area contributed by atoms with Crippen molar-refractivity contribution in [2.45, 2.75) is 6.54 Å². The van der Waals surface area contributed by atoms with E-state index in [4.69, 9.17) is 34.8 Å². The largest absolute Gasteiger partial charge is 0.381 e. The molecule has 0 amide bonds. The average molecular weight is 288 g/mol. The van der Waals surface area contributed by atoms with Crippen molar-refractivity contribution in [3.63, 3.8) is 0 Å². The highest BCUT2D eigenvalue weighted by Crippen LogP contribution is 2.26. The normalized spacial score (nSPS) is 10.3. The van der Waals surface area contributed by atoms with Gasteiger partial charge in [-0.25, -0.2) is 4.98 Å². The quantitative estimate of drug-likeness (QED) is 0.831. The van der Waals surface area contributed by atoms with E-state index < -0.39 is 0 Å². The lowest BCUT2D eigenvalue weighted by molar-refractivity contribution is 1.14. The molecule has 0 fully saturated rings. The number of aromatic nitrogens is 1. The van der Waals surface area contributed by atoms with Gasteiger partial charge in [0, 0.05) is 18.4 Å². The Morgan fingerprint density at radius 3 is 2.71 bits per heavy atom. The fourth-order valence-electron chi connectivity index (χ4n) is 1.39. The SMILES string of the molecule is Clc1cc(NCc2cccc(Cl)c2Cl)ccn1. The molecule has 0 spiro atoms. The molecule has 1 aromatic carbocycles. The van der Waals surface area contributed by atoms with Gasteiger partial charge in [0.15, 0.2) is 0 Å². The van der Waals surface area contributed by atoms with E-state index >= 15 is 0 Å². The number of hydrogen-bond acceptors (Lipinski definition) is 2. The smallest absolute Gasteiger partial charge is 0.131 e. The topological polar surface area (TPSA) is 24.9 Å². The first-order chi connectivity index (χ1) is 8.16. The summed E-state index contributed by atoms with van der Waals surface area (Å²) in [5.74, 6) is 0. The highest BCUT2D eigenvalue weighted by atomic mass is 35.5. The summed E-state index contributed by atoms with van der Waals surface area (Å²) in [6.45, 7) is 0.583. The number of anilines is 1. The Labute approximate surface area is 115 Å². The van der Waals surface area contributed by atoms with Crippen LogP contribution in [0.25, 0.3) is 0 Å². The Balaban J connectivity index is 2.10. The van der Waals surface area contributed by atoms with Gasteiger partial charge in [-0.2, -0.15) is 0 Å². The van der Waals surface area contributed by atoms with Crippen molar-refractivity contribution in [2.75, 3.05) is 5.32 Å². The summed E-state index contributed by atoms with van der Waals surface area (Å²) in [4.78, 5) is 3.90. The van der Waals surface area contributed by atoms with Gasteiger partial charge in [-0.05, 0) is 23.8 Å². The predicted octanol–water partition coefficient (Wildman–Crippen LogP) is 4.65. The first-order valence-corrected chi connectivity index (χ1v) is 6.08. The summed E-state index contributed by atoms with van der Waals surface area (Å²) in [5, 5.41) is 4.78. The van der Waals surface area contributed by atoms with E-state index in [-0.39, 0.29) is 0 Å². The molecule has 0 saturated heterocycles. The van der Waals surface area contributed by atoms with Crippen LogP contribution >= 0.6 is 34.8 Å². The minimum absolute atomic E-state index is 0.451. The fraction of sp³-hybridized carbons (Fsp3) is 0.0833. The number of hydrogen-bond donors (Lipinski definition) is 1. The van der Waals surface area contributed by atoms with Crippen LogP contribution in [-0.2, 0) is 6.54 Å². The van der Waals surface area contributed by atoms with E-state index in [0.717, 1.165) is 11.3 Å². The van der Waals surface area contributed by atoms with Gasteiger partial charge >= 0.3 is 0 Å². The van der Waals surface area contributed by atoms with E-state index in [0.29, 0.717) is 21.7 Å². The highest BCUT2D eigenvalue weighted by Gasteiger charge is 2.04. The summed E-state index contributed by atoms with van der Waals surface area (Å²) >= 11 is 17.8. The zero-order valence-corrected chi connectivity index (χ0v) is 11.0. The summed E-state index contributed by atoms with van der Waals surface area (Å²) in [7, 11) is 0. The summed E-state index contributed by atoms with van der Waals surface area (Å²) in [6, 6.07) is 9.13. The molecule has 0 bridgehead atoms. The molecule has 0 aliphatic carbocycles. The third kappa shape index (κ3) is 3.25. The number of halogens is 3. The third-order valence-electron chi connectivity index (χ3n) is 2.24. The Kier molecular flexibility index (Phi) is 4.11. The molecule has 17 heavy (non-hydrogen) atoms. The number of benzene rings is 1. The molecule has 1 aromatic heterocycles. The van der Waals surface area contributed by atoms with E-state index in [1.165, 1.54) is 0 Å². The predicted molar refractivity (Wildman–Crippen MR) is 73.0 cm³/mol. The molecule has 0 saturated carbocycles. The van der Waals surface area contributed by atoms with Crippen LogP contribution in [0.5, 0.6) is 0 Å². The van der Waals surface area contributed by atoms with Crippen molar-refractivity contribution in [3.05, 3.63) is 57.3 Å². The highest BCUT2D eigenvalue weighted by molar-refractivity contribution is 6.42. The lowest BCUT2D eigenvalue weighted by Gasteiger charge is -2.08. The second kappa shape index (κ2) is 5.58. The Morgan fingerprint density at radius 1 is 1.12 bits per heavy atom. The van der Waals surface area contributed by atoms with Crippen molar-refractivity contribution >= 4 is 40.5 Å². The van der Waals surface area contributed by atoms with Crippen LogP contribution in [0.4, 0.5) is 5.69 Å². The third-order valence-corrected chi connectivity index (χ3v) is 3.31. The lowest BCUT2D eigenvalue weighted by Crippen LogP contribution is -2.00. The molecule has 0 radical (unpaired) electrons. The van der Waals surface area contributed by atoms with Crippen LogP contribution < -0.4 is 5.32 Å². The van der Waals surface area contributed by atoms with Crippen LogP contribution in [0.2, 0.25) is 15.2 Å². The van der Waals surface area contributed by atoms with Gasteiger partial charge in [0.2, 0.25) is 0 Å². The molecule has 2 aromatic rings. The van der Waals surface area contributed by atoms with Gasteiger partial charge in [-0.3, -0.25) is 0 Å². The first-order valence-electron chi connectivity index (χ1n) is 4.95. The van der Waals surface area contributed by atoms with E-state index in [2.05, 4.69) is 10.3 Å². The minimum Gasteiger partial charge on any atom is -0.381 e. The molecule has 88 valence electrons. The molecular weight excluding hydrogens is 279 g/mol. The zero-order valence-electron chi connectivity index (χ0n) is 8.75. The van der Waals surface area contributed by atoms with Crippen LogP contribution in [0, 0.1) is 0 Å². The second-order valence-electron chi connectivity index (χ2n) is 3.43. The lowest BCUT2D eigenvalue weighted by atomic mass is 10.2. The standard InChI is InChI=1S/C12H9Cl3N2/c13-10-3-1-2-8(12(10)15)7-17-9-4-5-16-11(14)6-9/h1-6H,7H2,(H,16,17). The molecule has 2 rings (SSSR count). The second-order valence-corrected chi connectivity index (χ2v) is 4.61. The van der Waals surface area contributed by atoms with Gasteiger partial charge in [0.25, 0.3) is 0 Å². The Hall–Kier alpha value is -0.960. The van der Waals surface area contributed by atoms with Gasteiger partial charge in [-0.15, -0.1) is 0 Å². The monoisotopic (exact) mass is 286 g/mol. The van der Waals surface area contributed by atoms with Crippen molar-refractivity contribution in [3.8, 4) is 0 Å². The molecule has 1 N–H and O–H groups in total. The van der Waals surface area contributed by atoms with Crippen molar-refractivity contribution in [1.29, 1.82) is 0 Å². The fourth-order valence-corrected chi connectivity index (χ4v) is 1.96. The van der Waals surface area contributed by atoms with Crippen LogP contribution in [0.15, 0.2) is 36.5 Å². The van der Waals surface area contributed by atoms with E-state index in [1.807, 2.05) is 18.2 Å². The maximum Gasteiger partial charge on any atom is 0.131 e. The molecule has 2 nitrogen and oxygen atoms in total. The average Bonchev–Trinajstić information content (AvgIpc) is 2.31. The molecular formula is C12H9Cl3N2. The number of rotatable bonds is 3. The van der Waals surface area contributed by atoms with Gasteiger partial charge in [0.05, 0.1) is 10.0 Å². The van der Waals surface area contributed by atoms with E-state index in [9.17, 15) is 0 Å². The molecule has 1 heterocycles. The van der Waals surface area contributed by atoms with Gasteiger partial charge in [0.1, 0.15) is 5.15 Å². The zero-order chi connectivity index (χ0) is 12.3. The van der Waals surface area contributed by atoms with Crippen molar-refractivity contribution in [1.82, 2.24) is 4.98 Å². The van der Waals surface area contributed by atoms with Crippen molar-refractivity contribution < 1.29 is 0 Å². The first kappa shape index (κ1) is 12.5. The van der Waals surface area contributed by atoms with Gasteiger partial charge < -0.3 is 5.32 Å². The maximum absolute atomic E-state index is 6.08. The number of nitrogens with one attached hydrogen (secondary N) is 1. The van der Waals surface area contributed by atoms with Crippen LogP contribution in [0.1, 0.15) is 5.56 Å². The summed E-state index contributed by atoms with van der Waals surface area (Å²) in [6.07, 6.45) is 1.64. The Morgan fingerprint density at radius 2 is 1.94 bits per heavy atom. The van der Waals surface area contributed by atoms with Crippen molar-refractivity contribution in [2.24, 2.45) is 0 Å². The molecule has 0 unspecified atom stereocenters. The number of pyridine rings is 1. The summed E-state index contributed by atoms with van der Waals surface area (Å²) < 4.78 is 0. The number of nitrogens with zero attached hydrogens (tertiary/aromatic N) is 1. The molecule has 0 aliphatic rings. The summed E-state index contributed by atoms with van der Waals surface area (Å²) in [5.41, 5.74) is 1.83. The van der Waals surface area contributed by atoms with Crippen LogP contribution in [-0.4, -0.2) is 4.98 Å². The van der Waals surface area contributed by atoms with Crippen LogP contribution in [0.3, 0.4) is 0 Å².